The van der Waals surface area contributed by atoms with Gasteiger partial charge in [0.2, 0.25) is 0 Å². The van der Waals surface area contributed by atoms with Crippen molar-refractivity contribution in [3.8, 4) is 5.82 Å². The number of aromatic nitrogens is 3. The zero-order valence-electron chi connectivity index (χ0n) is 14.3. The summed E-state index contributed by atoms with van der Waals surface area (Å²) in [5.74, 6) is 0.361. The molecule has 2 aromatic heterocycles. The normalized spacial score (nSPS) is 16.2. The van der Waals surface area contributed by atoms with Gasteiger partial charge in [-0.05, 0) is 31.9 Å². The van der Waals surface area contributed by atoms with Crippen molar-refractivity contribution < 1.29 is 21.6 Å². The van der Waals surface area contributed by atoms with Gasteiger partial charge in [-0.3, -0.25) is 0 Å². The molecule has 0 amide bonds. The highest BCUT2D eigenvalue weighted by molar-refractivity contribution is 7.90. The van der Waals surface area contributed by atoms with Crippen LogP contribution >= 0.6 is 0 Å². The van der Waals surface area contributed by atoms with Gasteiger partial charge in [-0.25, -0.2) is 13.4 Å². The molecule has 0 saturated heterocycles. The molecule has 1 N–H and O–H groups in total. The first kappa shape index (κ1) is 18.7. The van der Waals surface area contributed by atoms with E-state index in [-0.39, 0.29) is 28.1 Å². The minimum atomic E-state index is -4.59. The molecule has 0 atom stereocenters. The second-order valence-electron chi connectivity index (χ2n) is 6.48. The lowest BCUT2D eigenvalue weighted by Crippen LogP contribution is -2.18. The highest BCUT2D eigenvalue weighted by Gasteiger charge is 2.38. The maximum atomic E-state index is 13.3. The summed E-state index contributed by atoms with van der Waals surface area (Å²) in [5.41, 5.74) is -0.981. The van der Waals surface area contributed by atoms with Crippen molar-refractivity contribution in [1.29, 1.82) is 0 Å². The van der Waals surface area contributed by atoms with Gasteiger partial charge < -0.3 is 5.32 Å². The maximum absolute atomic E-state index is 13.3. The van der Waals surface area contributed by atoms with E-state index in [1.54, 1.807) is 0 Å². The van der Waals surface area contributed by atoms with E-state index in [4.69, 9.17) is 0 Å². The molecule has 3 rings (SSSR count). The molecule has 10 heteroatoms. The minimum Gasteiger partial charge on any atom is -0.367 e. The molecular formula is C16H19F3N4O2S. The number of hydrogen-bond donors (Lipinski definition) is 1. The van der Waals surface area contributed by atoms with Gasteiger partial charge in [0, 0.05) is 24.1 Å². The lowest BCUT2D eigenvalue weighted by atomic mass is 10.2. The van der Waals surface area contributed by atoms with Crippen LogP contribution in [0.2, 0.25) is 0 Å². The van der Waals surface area contributed by atoms with Crippen LogP contribution in [0.4, 0.5) is 19.0 Å². The van der Waals surface area contributed by atoms with E-state index in [2.05, 4.69) is 15.4 Å². The first-order valence-electron chi connectivity index (χ1n) is 8.17. The molecule has 1 aliphatic carbocycles. The van der Waals surface area contributed by atoms with E-state index < -0.39 is 21.7 Å². The Balaban J connectivity index is 2.06. The van der Waals surface area contributed by atoms with Crippen molar-refractivity contribution >= 4 is 15.7 Å². The molecule has 0 aliphatic heterocycles. The zero-order chi connectivity index (χ0) is 19.1. The Morgan fingerprint density at radius 2 is 1.88 bits per heavy atom. The molecule has 2 heterocycles. The third kappa shape index (κ3) is 3.69. The number of nitrogens with zero attached hydrogens (tertiary/aromatic N) is 3. The highest BCUT2D eigenvalue weighted by Crippen LogP contribution is 2.36. The summed E-state index contributed by atoms with van der Waals surface area (Å²) in [7, 11) is -3.44. The molecule has 142 valence electrons. The van der Waals surface area contributed by atoms with Crippen LogP contribution in [-0.4, -0.2) is 35.5 Å². The summed E-state index contributed by atoms with van der Waals surface area (Å²) < 4.78 is 64.1. The molecule has 0 aromatic carbocycles. The van der Waals surface area contributed by atoms with Crippen LogP contribution in [0.25, 0.3) is 5.82 Å². The SMILES string of the molecule is Cc1c(C(F)(F)F)nn(-c2ccc(S(C)(=O)=O)cn2)c1NC1CCCC1. The lowest BCUT2D eigenvalue weighted by Gasteiger charge is -2.16. The largest absolute Gasteiger partial charge is 0.435 e. The Labute approximate surface area is 149 Å². The van der Waals surface area contributed by atoms with Gasteiger partial charge in [0.25, 0.3) is 0 Å². The minimum absolute atomic E-state index is 0.00149. The standard InChI is InChI=1S/C16H19F3N4O2S/c1-10-14(16(17,18)19)22-23(15(10)21-11-5-3-4-6-11)13-8-7-12(9-20-13)26(2,24)25/h7-9,11,21H,3-6H2,1-2H3. The summed E-state index contributed by atoms with van der Waals surface area (Å²) in [4.78, 5) is 3.99. The molecule has 6 nitrogen and oxygen atoms in total. The molecule has 0 radical (unpaired) electrons. The average Bonchev–Trinajstić information content (AvgIpc) is 3.16. The van der Waals surface area contributed by atoms with E-state index in [9.17, 15) is 21.6 Å². The average molecular weight is 388 g/mol. The van der Waals surface area contributed by atoms with Crippen molar-refractivity contribution in [2.75, 3.05) is 11.6 Å². The number of sulfone groups is 1. The van der Waals surface area contributed by atoms with Crippen molar-refractivity contribution in [1.82, 2.24) is 14.8 Å². The molecule has 26 heavy (non-hydrogen) atoms. The summed E-state index contributed by atoms with van der Waals surface area (Å²) in [6, 6.07) is 2.74. The molecular weight excluding hydrogens is 369 g/mol. The van der Waals surface area contributed by atoms with Crippen molar-refractivity contribution in [3.63, 3.8) is 0 Å². The van der Waals surface area contributed by atoms with Gasteiger partial charge in [0.05, 0.1) is 4.90 Å². The Bertz CT molecular complexity index is 899. The quantitative estimate of drug-likeness (QED) is 0.869. The number of alkyl halides is 3. The molecule has 0 unspecified atom stereocenters. The van der Waals surface area contributed by atoms with Crippen LogP contribution in [0.15, 0.2) is 23.2 Å². The zero-order valence-corrected chi connectivity index (χ0v) is 15.2. The summed E-state index contributed by atoms with van der Waals surface area (Å²) in [6.07, 6.45) is 1.38. The van der Waals surface area contributed by atoms with Gasteiger partial charge in [-0.2, -0.15) is 23.0 Å². The number of rotatable bonds is 4. The van der Waals surface area contributed by atoms with E-state index in [1.807, 2.05) is 0 Å². The fraction of sp³-hybridized carbons (Fsp3) is 0.500. The van der Waals surface area contributed by atoms with Crippen LogP contribution in [0.3, 0.4) is 0 Å². The predicted octanol–water partition coefficient (Wildman–Crippen LogP) is 3.35. The molecule has 1 saturated carbocycles. The Morgan fingerprint density at radius 3 is 2.38 bits per heavy atom. The van der Waals surface area contributed by atoms with Crippen molar-refractivity contribution in [2.24, 2.45) is 0 Å². The van der Waals surface area contributed by atoms with Crippen LogP contribution in [0, 0.1) is 6.92 Å². The van der Waals surface area contributed by atoms with Crippen LogP contribution in [0.5, 0.6) is 0 Å². The van der Waals surface area contributed by atoms with Crippen LogP contribution in [-0.2, 0) is 16.0 Å². The molecule has 0 bridgehead atoms. The van der Waals surface area contributed by atoms with Gasteiger partial charge in [0.1, 0.15) is 5.82 Å². The van der Waals surface area contributed by atoms with E-state index in [1.165, 1.54) is 19.1 Å². The number of nitrogens with one attached hydrogen (secondary N) is 1. The second-order valence-corrected chi connectivity index (χ2v) is 8.50. The Kier molecular flexibility index (Phi) is 4.72. The first-order chi connectivity index (χ1) is 12.1. The predicted molar refractivity (Wildman–Crippen MR) is 90.1 cm³/mol. The summed E-state index contributed by atoms with van der Waals surface area (Å²) >= 11 is 0. The maximum Gasteiger partial charge on any atom is 0.435 e. The van der Waals surface area contributed by atoms with E-state index in [0.717, 1.165) is 42.8 Å². The first-order valence-corrected chi connectivity index (χ1v) is 10.1. The second kappa shape index (κ2) is 6.57. The van der Waals surface area contributed by atoms with Gasteiger partial charge >= 0.3 is 6.18 Å². The monoisotopic (exact) mass is 388 g/mol. The van der Waals surface area contributed by atoms with Gasteiger partial charge in [-0.15, -0.1) is 0 Å². The summed E-state index contributed by atoms with van der Waals surface area (Å²) in [5, 5.41) is 6.86. The fourth-order valence-corrected chi connectivity index (χ4v) is 3.64. The van der Waals surface area contributed by atoms with Crippen LogP contribution < -0.4 is 5.32 Å². The lowest BCUT2D eigenvalue weighted by molar-refractivity contribution is -0.141. The molecule has 0 spiro atoms. The smallest absolute Gasteiger partial charge is 0.367 e. The van der Waals surface area contributed by atoms with E-state index >= 15 is 0 Å². The third-order valence-corrected chi connectivity index (χ3v) is 5.55. The highest BCUT2D eigenvalue weighted by atomic mass is 32.2. The van der Waals surface area contributed by atoms with E-state index in [0.29, 0.717) is 0 Å². The van der Waals surface area contributed by atoms with Crippen molar-refractivity contribution in [2.45, 2.75) is 49.7 Å². The number of halogens is 3. The Morgan fingerprint density at radius 1 is 1.23 bits per heavy atom. The molecule has 1 aliphatic rings. The van der Waals surface area contributed by atoms with Crippen LogP contribution in [0.1, 0.15) is 36.9 Å². The summed E-state index contributed by atoms with van der Waals surface area (Å²) in [6.45, 7) is 1.37. The number of hydrogen-bond acceptors (Lipinski definition) is 5. The van der Waals surface area contributed by atoms with Gasteiger partial charge in [0.15, 0.2) is 21.3 Å². The number of pyridine rings is 1. The van der Waals surface area contributed by atoms with Crippen molar-refractivity contribution in [3.05, 3.63) is 29.6 Å². The van der Waals surface area contributed by atoms with Gasteiger partial charge in [-0.1, -0.05) is 12.8 Å². The Hall–Kier alpha value is -2.10. The number of anilines is 1. The fourth-order valence-electron chi connectivity index (χ4n) is 3.08. The topological polar surface area (TPSA) is 76.9 Å². The molecule has 1 fully saturated rings. The third-order valence-electron chi connectivity index (χ3n) is 4.45. The molecule has 2 aromatic rings.